The summed E-state index contributed by atoms with van der Waals surface area (Å²) in [7, 11) is 1.75. The zero-order valence-corrected chi connectivity index (χ0v) is 8.54. The van der Waals surface area contributed by atoms with Crippen LogP contribution in [-0.2, 0) is 26.4 Å². The molecule has 0 spiro atoms. The van der Waals surface area contributed by atoms with Gasteiger partial charge in [-0.3, -0.25) is 9.36 Å². The molecule has 0 amide bonds. The van der Waals surface area contributed by atoms with Gasteiger partial charge in [-0.15, -0.1) is 0 Å². The average Bonchev–Trinajstić information content (AvgIpc) is 2.64. The van der Waals surface area contributed by atoms with Gasteiger partial charge in [0.15, 0.2) is 0 Å². The van der Waals surface area contributed by atoms with Crippen molar-refractivity contribution in [3.05, 3.63) is 32.1 Å². The van der Waals surface area contributed by atoms with Crippen LogP contribution in [0.25, 0.3) is 0 Å². The smallest absolute Gasteiger partial charge is 0.300 e. The molecule has 1 aliphatic carbocycles. The lowest BCUT2D eigenvalue weighted by Crippen LogP contribution is -2.41. The van der Waals surface area contributed by atoms with E-state index in [1.807, 2.05) is 6.92 Å². The molecule has 0 unspecified atom stereocenters. The molecular weight excluding hydrogens is 180 g/mol. The molecule has 14 heavy (non-hydrogen) atoms. The maximum atomic E-state index is 11.8. The highest BCUT2D eigenvalue weighted by Crippen LogP contribution is 2.15. The molecule has 1 heterocycles. The first-order valence-corrected chi connectivity index (χ1v) is 4.98. The van der Waals surface area contributed by atoms with E-state index in [2.05, 4.69) is 0 Å². The summed E-state index contributed by atoms with van der Waals surface area (Å²) in [6.07, 6.45) is 2.68. The predicted octanol–water partition coefficient (Wildman–Crippen LogP) is 0.0556. The van der Waals surface area contributed by atoms with E-state index < -0.39 is 0 Å². The van der Waals surface area contributed by atoms with Crippen LogP contribution < -0.4 is 11.2 Å². The molecule has 4 heteroatoms. The van der Waals surface area contributed by atoms with E-state index in [1.165, 1.54) is 4.57 Å². The van der Waals surface area contributed by atoms with Gasteiger partial charge in [-0.1, -0.05) is 0 Å². The third-order valence-corrected chi connectivity index (χ3v) is 2.93. The van der Waals surface area contributed by atoms with Crippen LogP contribution in [-0.4, -0.2) is 9.13 Å². The molecular formula is C10H14N2O2. The lowest BCUT2D eigenvalue weighted by molar-refractivity contribution is 0.603. The number of nitrogens with zero attached hydrogens (tertiary/aromatic N) is 2. The van der Waals surface area contributed by atoms with Crippen LogP contribution in [0, 0.1) is 0 Å². The molecule has 1 aliphatic rings. The van der Waals surface area contributed by atoms with Crippen molar-refractivity contribution in [3.63, 3.8) is 0 Å². The highest BCUT2D eigenvalue weighted by molar-refractivity contribution is 5.23. The zero-order chi connectivity index (χ0) is 10.3. The van der Waals surface area contributed by atoms with Gasteiger partial charge in [-0.2, -0.15) is 0 Å². The number of fused-ring (bicyclic) bond motifs is 1. The maximum absolute atomic E-state index is 11.8. The maximum Gasteiger partial charge on any atom is 0.330 e. The fourth-order valence-corrected chi connectivity index (χ4v) is 2.15. The summed E-state index contributed by atoms with van der Waals surface area (Å²) in [5, 5.41) is 0. The standard InChI is InChI=1S/C10H14N2O2/c1-3-12-9(13)7-5-4-6-8(7)11(2)10(12)14/h3-6H2,1-2H3. The van der Waals surface area contributed by atoms with E-state index in [-0.39, 0.29) is 11.2 Å². The van der Waals surface area contributed by atoms with E-state index in [0.29, 0.717) is 6.54 Å². The van der Waals surface area contributed by atoms with Crippen LogP contribution in [0.1, 0.15) is 24.6 Å². The van der Waals surface area contributed by atoms with Gasteiger partial charge in [0.2, 0.25) is 0 Å². The van der Waals surface area contributed by atoms with Gasteiger partial charge < -0.3 is 4.57 Å². The van der Waals surface area contributed by atoms with E-state index in [1.54, 1.807) is 11.6 Å². The van der Waals surface area contributed by atoms with Gasteiger partial charge >= 0.3 is 5.69 Å². The second-order valence-electron chi connectivity index (χ2n) is 3.67. The summed E-state index contributed by atoms with van der Waals surface area (Å²) in [6.45, 7) is 2.28. The quantitative estimate of drug-likeness (QED) is 0.634. The van der Waals surface area contributed by atoms with Crippen molar-refractivity contribution in [1.29, 1.82) is 0 Å². The summed E-state index contributed by atoms with van der Waals surface area (Å²) in [6, 6.07) is 0. The lowest BCUT2D eigenvalue weighted by atomic mass is 10.2. The van der Waals surface area contributed by atoms with Gasteiger partial charge in [-0.25, -0.2) is 4.79 Å². The molecule has 0 saturated heterocycles. The van der Waals surface area contributed by atoms with Gasteiger partial charge in [0.25, 0.3) is 5.56 Å². The molecule has 0 radical (unpaired) electrons. The Kier molecular flexibility index (Phi) is 2.06. The minimum atomic E-state index is -0.182. The van der Waals surface area contributed by atoms with E-state index in [0.717, 1.165) is 30.5 Å². The van der Waals surface area contributed by atoms with Crippen LogP contribution in [0.5, 0.6) is 0 Å². The molecule has 0 N–H and O–H groups in total. The Hall–Kier alpha value is -1.32. The highest BCUT2D eigenvalue weighted by atomic mass is 16.2. The van der Waals surface area contributed by atoms with Gasteiger partial charge in [0.1, 0.15) is 0 Å². The zero-order valence-electron chi connectivity index (χ0n) is 8.54. The fraction of sp³-hybridized carbons (Fsp3) is 0.600. The van der Waals surface area contributed by atoms with Crippen molar-refractivity contribution < 1.29 is 0 Å². The second-order valence-corrected chi connectivity index (χ2v) is 3.67. The van der Waals surface area contributed by atoms with Gasteiger partial charge in [0.05, 0.1) is 0 Å². The van der Waals surface area contributed by atoms with E-state index in [9.17, 15) is 9.59 Å². The van der Waals surface area contributed by atoms with Crippen molar-refractivity contribution in [1.82, 2.24) is 9.13 Å². The van der Waals surface area contributed by atoms with Crippen molar-refractivity contribution in [2.75, 3.05) is 0 Å². The number of hydrogen-bond acceptors (Lipinski definition) is 2. The van der Waals surface area contributed by atoms with Crippen molar-refractivity contribution in [2.24, 2.45) is 7.05 Å². The molecule has 0 aromatic carbocycles. The first-order valence-electron chi connectivity index (χ1n) is 4.98. The first kappa shape index (κ1) is 9.24. The molecule has 4 nitrogen and oxygen atoms in total. The van der Waals surface area contributed by atoms with Crippen molar-refractivity contribution in [3.8, 4) is 0 Å². The Labute approximate surface area is 81.8 Å². The summed E-state index contributed by atoms with van der Waals surface area (Å²) < 4.78 is 2.93. The number of hydrogen-bond donors (Lipinski definition) is 0. The van der Waals surface area contributed by atoms with Crippen LogP contribution in [0.2, 0.25) is 0 Å². The summed E-state index contributed by atoms with van der Waals surface area (Å²) in [4.78, 5) is 23.5. The summed E-state index contributed by atoms with van der Waals surface area (Å²) in [5.41, 5.74) is 1.51. The second kappa shape index (κ2) is 3.12. The van der Waals surface area contributed by atoms with Crippen LogP contribution in [0.4, 0.5) is 0 Å². The Balaban J connectivity index is 2.87. The molecule has 0 fully saturated rings. The number of rotatable bonds is 1. The highest BCUT2D eigenvalue weighted by Gasteiger charge is 2.20. The predicted molar refractivity (Wildman–Crippen MR) is 53.6 cm³/mol. The average molecular weight is 194 g/mol. The minimum absolute atomic E-state index is 0.0805. The Morgan fingerprint density at radius 1 is 1.29 bits per heavy atom. The molecule has 1 aromatic rings. The molecule has 76 valence electrons. The molecule has 0 bridgehead atoms. The third kappa shape index (κ3) is 1.06. The Morgan fingerprint density at radius 3 is 2.64 bits per heavy atom. The largest absolute Gasteiger partial charge is 0.330 e. The molecule has 2 rings (SSSR count). The number of aromatic nitrogens is 2. The van der Waals surface area contributed by atoms with E-state index in [4.69, 9.17) is 0 Å². The lowest BCUT2D eigenvalue weighted by Gasteiger charge is -2.09. The van der Waals surface area contributed by atoms with Crippen molar-refractivity contribution in [2.45, 2.75) is 32.7 Å². The Morgan fingerprint density at radius 2 is 2.00 bits per heavy atom. The molecule has 0 atom stereocenters. The van der Waals surface area contributed by atoms with E-state index >= 15 is 0 Å². The molecule has 1 aromatic heterocycles. The van der Waals surface area contributed by atoms with Crippen molar-refractivity contribution >= 4 is 0 Å². The summed E-state index contributed by atoms with van der Waals surface area (Å²) >= 11 is 0. The first-order chi connectivity index (χ1) is 6.66. The molecule has 0 saturated carbocycles. The fourth-order valence-electron chi connectivity index (χ4n) is 2.15. The van der Waals surface area contributed by atoms with Crippen LogP contribution in [0.15, 0.2) is 9.59 Å². The normalized spacial score (nSPS) is 14.4. The van der Waals surface area contributed by atoms with Crippen LogP contribution >= 0.6 is 0 Å². The third-order valence-electron chi connectivity index (χ3n) is 2.93. The van der Waals surface area contributed by atoms with Gasteiger partial charge in [-0.05, 0) is 26.2 Å². The van der Waals surface area contributed by atoms with Crippen LogP contribution in [0.3, 0.4) is 0 Å². The monoisotopic (exact) mass is 194 g/mol. The summed E-state index contributed by atoms with van der Waals surface area (Å²) in [5.74, 6) is 0. The minimum Gasteiger partial charge on any atom is -0.300 e. The van der Waals surface area contributed by atoms with Gasteiger partial charge in [0, 0.05) is 24.8 Å². The molecule has 0 aliphatic heterocycles. The topological polar surface area (TPSA) is 44.0 Å². The Bertz CT molecular complexity index is 482. The SMILES string of the molecule is CCn1c(=O)c2c(n(C)c1=O)CCC2.